The van der Waals surface area contributed by atoms with Gasteiger partial charge in [0.15, 0.2) is 7.98 Å². The van der Waals surface area contributed by atoms with Gasteiger partial charge in [-0.1, -0.05) is 0 Å². The molecule has 1 aliphatic rings. The van der Waals surface area contributed by atoms with Crippen molar-refractivity contribution in [1.82, 2.24) is 4.81 Å². The minimum absolute atomic E-state index is 0.417. The van der Waals surface area contributed by atoms with Gasteiger partial charge in [0, 0.05) is 6.54 Å². The molecule has 1 nitrogen and oxygen atoms in total. The molecule has 1 saturated heterocycles. The molecule has 1 aliphatic heterocycles. The van der Waals surface area contributed by atoms with Crippen molar-refractivity contribution in [3.8, 4) is 0 Å². The number of nitrogens with zero attached hydrogens (tertiary/aromatic N) is 1. The van der Waals surface area contributed by atoms with E-state index in [0.717, 1.165) is 0 Å². The lowest BCUT2D eigenvalue weighted by molar-refractivity contribution is 0.347. The highest BCUT2D eigenvalue weighted by Crippen LogP contribution is 2.07. The van der Waals surface area contributed by atoms with Gasteiger partial charge >= 0.3 is 0 Å². The van der Waals surface area contributed by atoms with E-state index in [1.165, 1.54) is 4.81 Å². The lowest BCUT2D eigenvalue weighted by Gasteiger charge is -2.02. The highest BCUT2D eigenvalue weighted by Gasteiger charge is 2.16. The second-order valence-corrected chi connectivity index (χ2v) is 1.88. The molecular formula is C4H7BFN. The summed E-state index contributed by atoms with van der Waals surface area (Å²) in [4.78, 5) is 1.50. The predicted octanol–water partition coefficient (Wildman–Crippen LogP) is 0.114. The van der Waals surface area contributed by atoms with E-state index in [1.807, 2.05) is 0 Å². The van der Waals surface area contributed by atoms with Gasteiger partial charge in [0.1, 0.15) is 6.17 Å². The van der Waals surface area contributed by atoms with Crippen molar-refractivity contribution in [3.63, 3.8) is 0 Å². The van der Waals surface area contributed by atoms with Gasteiger partial charge in [-0.3, -0.25) is 0 Å². The molecule has 2 radical (unpaired) electrons. The molecule has 1 heterocycles. The summed E-state index contributed by atoms with van der Waals surface area (Å²) in [6.07, 6.45) is -0.0683. The summed E-state index contributed by atoms with van der Waals surface area (Å²) in [6, 6.07) is 0. The van der Waals surface area contributed by atoms with Crippen LogP contribution in [0.1, 0.15) is 6.42 Å². The van der Waals surface area contributed by atoms with Crippen LogP contribution in [-0.2, 0) is 0 Å². The maximum atomic E-state index is 12.1. The number of alkyl halides is 1. The Morgan fingerprint density at radius 2 is 2.43 bits per heavy atom. The quantitative estimate of drug-likeness (QED) is 0.389. The normalized spacial score (nSPS) is 34.1. The Balaban J connectivity index is 2.26. The van der Waals surface area contributed by atoms with E-state index in [4.69, 9.17) is 7.98 Å². The van der Waals surface area contributed by atoms with E-state index in [-0.39, 0.29) is 0 Å². The third kappa shape index (κ3) is 1.16. The highest BCUT2D eigenvalue weighted by atomic mass is 19.1. The predicted molar refractivity (Wildman–Crippen MR) is 26.8 cm³/mol. The Labute approximate surface area is 43.9 Å². The highest BCUT2D eigenvalue weighted by molar-refractivity contribution is 6.04. The molecule has 0 amide bonds. The first kappa shape index (κ1) is 5.10. The zero-order valence-corrected chi connectivity index (χ0v) is 4.10. The van der Waals surface area contributed by atoms with E-state index in [9.17, 15) is 4.39 Å². The van der Waals surface area contributed by atoms with Crippen LogP contribution in [0.3, 0.4) is 0 Å². The summed E-state index contributed by atoms with van der Waals surface area (Å²) < 4.78 is 12.1. The Morgan fingerprint density at radius 1 is 1.71 bits per heavy atom. The van der Waals surface area contributed by atoms with Gasteiger partial charge in [-0.15, -0.1) is 0 Å². The number of hydrogen-bond acceptors (Lipinski definition) is 1. The first-order valence-corrected chi connectivity index (χ1v) is 2.43. The maximum absolute atomic E-state index is 12.1. The first-order valence-electron chi connectivity index (χ1n) is 2.43. The average Bonchev–Trinajstić information content (AvgIpc) is 1.87. The van der Waals surface area contributed by atoms with Crippen molar-refractivity contribution in [2.75, 3.05) is 13.1 Å². The van der Waals surface area contributed by atoms with Crippen LogP contribution in [0.15, 0.2) is 0 Å². The van der Waals surface area contributed by atoms with Crippen molar-refractivity contribution in [2.45, 2.75) is 12.6 Å². The van der Waals surface area contributed by atoms with Crippen molar-refractivity contribution in [2.24, 2.45) is 0 Å². The van der Waals surface area contributed by atoms with Crippen LogP contribution in [0, 0.1) is 0 Å². The van der Waals surface area contributed by atoms with Gasteiger partial charge in [0.2, 0.25) is 0 Å². The summed E-state index contributed by atoms with van der Waals surface area (Å²) in [5.74, 6) is 0. The zero-order chi connectivity index (χ0) is 5.28. The minimum Gasteiger partial charge on any atom is -0.351 e. The standard InChI is InChI=1S/C4H7BFN/c5-7-2-1-4(6)3-7/h4H,1-3H2. The maximum Gasteiger partial charge on any atom is 0.182 e. The lowest BCUT2D eigenvalue weighted by atomic mass is 10.3. The molecule has 0 saturated carbocycles. The molecule has 38 valence electrons. The molecule has 7 heavy (non-hydrogen) atoms. The summed E-state index contributed by atoms with van der Waals surface area (Å²) in [7, 11) is 5.22. The van der Waals surface area contributed by atoms with Crippen LogP contribution in [0.25, 0.3) is 0 Å². The molecule has 0 N–H and O–H groups in total. The molecule has 1 unspecified atom stereocenters. The van der Waals surface area contributed by atoms with Gasteiger partial charge < -0.3 is 4.81 Å². The molecule has 0 bridgehead atoms. The van der Waals surface area contributed by atoms with E-state index in [0.29, 0.717) is 19.5 Å². The molecule has 0 aliphatic carbocycles. The summed E-state index contributed by atoms with van der Waals surface area (Å²) >= 11 is 0. The van der Waals surface area contributed by atoms with Gasteiger partial charge in [-0.05, 0) is 13.0 Å². The zero-order valence-electron chi connectivity index (χ0n) is 4.10. The van der Waals surface area contributed by atoms with Crippen LogP contribution in [0.4, 0.5) is 4.39 Å². The fourth-order valence-electron chi connectivity index (χ4n) is 0.743. The van der Waals surface area contributed by atoms with E-state index >= 15 is 0 Å². The Bertz CT molecular complexity index is 60.7. The summed E-state index contributed by atoms with van der Waals surface area (Å²) in [5.41, 5.74) is 0. The average molecular weight is 98.9 g/mol. The van der Waals surface area contributed by atoms with Gasteiger partial charge in [0.25, 0.3) is 0 Å². The molecule has 0 aromatic carbocycles. The van der Waals surface area contributed by atoms with E-state index < -0.39 is 6.17 Å². The summed E-state index contributed by atoms with van der Waals surface area (Å²) in [6.45, 7) is 1.13. The van der Waals surface area contributed by atoms with Crippen molar-refractivity contribution >= 4 is 7.98 Å². The van der Waals surface area contributed by atoms with E-state index in [2.05, 4.69) is 0 Å². The van der Waals surface area contributed by atoms with Crippen molar-refractivity contribution in [1.29, 1.82) is 0 Å². The Hall–Kier alpha value is -0.0451. The van der Waals surface area contributed by atoms with Gasteiger partial charge in [-0.25, -0.2) is 4.39 Å². The smallest absolute Gasteiger partial charge is 0.182 e. The summed E-state index contributed by atoms with van der Waals surface area (Å²) in [5, 5.41) is 0. The van der Waals surface area contributed by atoms with Gasteiger partial charge in [-0.2, -0.15) is 0 Å². The van der Waals surface area contributed by atoms with Gasteiger partial charge in [0.05, 0.1) is 0 Å². The number of rotatable bonds is 0. The fourth-order valence-corrected chi connectivity index (χ4v) is 0.743. The Kier molecular flexibility index (Phi) is 1.33. The number of halogens is 1. The monoisotopic (exact) mass is 99.1 g/mol. The van der Waals surface area contributed by atoms with Crippen molar-refractivity contribution < 1.29 is 4.39 Å². The molecular weight excluding hydrogens is 91.9 g/mol. The SMILES string of the molecule is [B]N1CCC(F)C1. The minimum atomic E-state index is -0.676. The van der Waals surface area contributed by atoms with Crippen LogP contribution in [0.2, 0.25) is 0 Å². The first-order chi connectivity index (χ1) is 3.29. The fraction of sp³-hybridized carbons (Fsp3) is 1.00. The number of hydrogen-bond donors (Lipinski definition) is 0. The Morgan fingerprint density at radius 3 is 2.57 bits per heavy atom. The molecule has 1 atom stereocenters. The van der Waals surface area contributed by atoms with Crippen LogP contribution >= 0.6 is 0 Å². The van der Waals surface area contributed by atoms with E-state index in [1.54, 1.807) is 0 Å². The van der Waals surface area contributed by atoms with Crippen molar-refractivity contribution in [3.05, 3.63) is 0 Å². The van der Waals surface area contributed by atoms with Crippen LogP contribution < -0.4 is 0 Å². The second kappa shape index (κ2) is 1.82. The molecule has 3 heteroatoms. The lowest BCUT2D eigenvalue weighted by Crippen LogP contribution is -2.16. The van der Waals surface area contributed by atoms with Crippen LogP contribution in [0.5, 0.6) is 0 Å². The molecule has 0 aromatic heterocycles. The third-order valence-corrected chi connectivity index (χ3v) is 1.16. The topological polar surface area (TPSA) is 3.24 Å². The third-order valence-electron chi connectivity index (χ3n) is 1.16. The largest absolute Gasteiger partial charge is 0.351 e. The molecule has 1 rings (SSSR count). The van der Waals surface area contributed by atoms with Crippen LogP contribution in [-0.4, -0.2) is 32.1 Å². The molecule has 1 fully saturated rings. The second-order valence-electron chi connectivity index (χ2n) is 1.88. The molecule has 0 aromatic rings. The molecule has 0 spiro atoms.